The fourth-order valence-corrected chi connectivity index (χ4v) is 6.17. The molecular weight excluding hydrogens is 522 g/mol. The van der Waals surface area contributed by atoms with Gasteiger partial charge in [-0.1, -0.05) is 45.8 Å². The van der Waals surface area contributed by atoms with Gasteiger partial charge in [0.2, 0.25) is 10.0 Å². The molecule has 0 spiro atoms. The van der Waals surface area contributed by atoms with Crippen LogP contribution in [0.1, 0.15) is 35.2 Å². The fraction of sp³-hybridized carbons (Fsp3) is 0.440. The number of rotatable bonds is 13. The largest absolute Gasteiger partial charge is 0.497 e. The predicted molar refractivity (Wildman–Crippen MR) is 137 cm³/mol. The Kier molecular flexibility index (Phi) is 11.2. The zero-order valence-corrected chi connectivity index (χ0v) is 23.0. The third-order valence-electron chi connectivity index (χ3n) is 5.11. The number of hydrogen-bond acceptors (Lipinski definition) is 6. The second-order valence-corrected chi connectivity index (χ2v) is 10.6. The van der Waals surface area contributed by atoms with Crippen molar-refractivity contribution in [3.63, 3.8) is 0 Å². The van der Waals surface area contributed by atoms with Crippen molar-refractivity contribution in [2.75, 3.05) is 34.2 Å². The van der Waals surface area contributed by atoms with Gasteiger partial charge < -0.3 is 18.9 Å². The molecule has 0 radical (unpaired) electrons. The Morgan fingerprint density at radius 1 is 1.06 bits per heavy atom. The Bertz CT molecular complexity index is 1050. The quantitative estimate of drug-likeness (QED) is 0.278. The van der Waals surface area contributed by atoms with Crippen LogP contribution in [0.4, 0.5) is 0 Å². The van der Waals surface area contributed by atoms with Crippen LogP contribution in [0.25, 0.3) is 0 Å². The summed E-state index contributed by atoms with van der Waals surface area (Å²) in [5.41, 5.74) is 3.16. The van der Waals surface area contributed by atoms with E-state index in [4.69, 9.17) is 18.9 Å². The van der Waals surface area contributed by atoms with Crippen molar-refractivity contribution < 1.29 is 27.4 Å². The number of ether oxygens (including phenoxy) is 4. The molecule has 0 unspecified atom stereocenters. The summed E-state index contributed by atoms with van der Waals surface area (Å²) in [5.74, 6) is 0.681. The number of hydrogen-bond donors (Lipinski definition) is 1. The molecule has 2 aromatic carbocycles. The van der Waals surface area contributed by atoms with Gasteiger partial charge in [0.15, 0.2) is 0 Å². The Balaban J connectivity index is 2.34. The Morgan fingerprint density at radius 2 is 1.68 bits per heavy atom. The fourth-order valence-electron chi connectivity index (χ4n) is 3.61. The molecular formula is C25H34BrNO6S. The number of methoxy groups -OCH3 is 2. The summed E-state index contributed by atoms with van der Waals surface area (Å²) in [6, 6.07) is 10.3. The van der Waals surface area contributed by atoms with E-state index in [1.54, 1.807) is 40.2 Å². The van der Waals surface area contributed by atoms with Crippen molar-refractivity contribution in [1.29, 1.82) is 0 Å². The van der Waals surface area contributed by atoms with Gasteiger partial charge in [0.25, 0.3) is 0 Å². The molecule has 0 bridgehead atoms. The van der Waals surface area contributed by atoms with Crippen molar-refractivity contribution in [3.05, 3.63) is 69.2 Å². The first-order valence-corrected chi connectivity index (χ1v) is 13.2. The molecule has 0 aliphatic rings. The van der Waals surface area contributed by atoms with E-state index < -0.39 is 16.1 Å². The first-order chi connectivity index (χ1) is 16.1. The Hall–Kier alpha value is -1.75. The van der Waals surface area contributed by atoms with E-state index in [2.05, 4.69) is 20.7 Å². The molecule has 0 fully saturated rings. The average Bonchev–Trinajstić information content (AvgIpc) is 2.76. The van der Waals surface area contributed by atoms with Gasteiger partial charge in [-0.15, -0.1) is 0 Å². The van der Waals surface area contributed by atoms with Gasteiger partial charge in [0.1, 0.15) is 12.5 Å². The molecule has 9 heteroatoms. The van der Waals surface area contributed by atoms with E-state index in [1.807, 2.05) is 44.2 Å². The molecule has 34 heavy (non-hydrogen) atoms. The topological polar surface area (TPSA) is 83.1 Å². The Morgan fingerprint density at radius 3 is 2.24 bits per heavy atom. The molecule has 2 rings (SSSR count). The van der Waals surface area contributed by atoms with Crippen molar-refractivity contribution in [2.45, 2.75) is 44.7 Å². The molecule has 0 saturated carbocycles. The van der Waals surface area contributed by atoms with Crippen LogP contribution in [0.15, 0.2) is 51.9 Å². The van der Waals surface area contributed by atoms with Gasteiger partial charge in [-0.25, -0.2) is 8.42 Å². The highest BCUT2D eigenvalue weighted by Gasteiger charge is 2.27. The minimum atomic E-state index is -3.84. The van der Waals surface area contributed by atoms with Crippen LogP contribution < -0.4 is 9.46 Å². The summed E-state index contributed by atoms with van der Waals surface area (Å²) in [5, 5.41) is 0. The van der Waals surface area contributed by atoms with E-state index in [0.717, 1.165) is 11.1 Å². The zero-order chi connectivity index (χ0) is 25.3. The number of benzene rings is 2. The van der Waals surface area contributed by atoms with E-state index in [1.165, 1.54) is 0 Å². The molecule has 2 atom stereocenters. The van der Waals surface area contributed by atoms with Crippen molar-refractivity contribution in [3.8, 4) is 5.75 Å². The molecule has 0 aromatic heterocycles. The number of nitrogens with one attached hydrogen (secondary N) is 1. The third-order valence-corrected chi connectivity index (χ3v) is 7.56. The Labute approximate surface area is 211 Å². The van der Waals surface area contributed by atoms with E-state index >= 15 is 0 Å². The summed E-state index contributed by atoms with van der Waals surface area (Å²) >= 11 is 3.59. The maximum absolute atomic E-state index is 13.5. The highest BCUT2D eigenvalue weighted by molar-refractivity contribution is 9.11. The summed E-state index contributed by atoms with van der Waals surface area (Å²) in [4.78, 5) is 0.285. The lowest BCUT2D eigenvalue weighted by Crippen LogP contribution is -2.30. The number of halogens is 1. The molecule has 7 nitrogen and oxygen atoms in total. The summed E-state index contributed by atoms with van der Waals surface area (Å²) in [7, 11) is -0.652. The van der Waals surface area contributed by atoms with E-state index in [0.29, 0.717) is 34.6 Å². The highest BCUT2D eigenvalue weighted by Crippen LogP contribution is 2.32. The maximum atomic E-state index is 13.5. The van der Waals surface area contributed by atoms with Crippen LogP contribution >= 0.6 is 15.9 Å². The average molecular weight is 557 g/mol. The second-order valence-electron chi connectivity index (χ2n) is 8.00. The monoisotopic (exact) mass is 555 g/mol. The third kappa shape index (κ3) is 8.18. The van der Waals surface area contributed by atoms with Crippen LogP contribution in [0.2, 0.25) is 0 Å². The van der Waals surface area contributed by atoms with Crippen molar-refractivity contribution in [2.24, 2.45) is 0 Å². The lowest BCUT2D eigenvalue weighted by Gasteiger charge is -2.22. The van der Waals surface area contributed by atoms with Gasteiger partial charge in [-0.2, -0.15) is 4.72 Å². The van der Waals surface area contributed by atoms with E-state index in [-0.39, 0.29) is 17.8 Å². The van der Waals surface area contributed by atoms with Crippen molar-refractivity contribution in [1.82, 2.24) is 4.72 Å². The lowest BCUT2D eigenvalue weighted by atomic mass is 10.1. The summed E-state index contributed by atoms with van der Waals surface area (Å²) in [6.45, 7) is 8.43. The second kappa shape index (κ2) is 13.4. The van der Waals surface area contributed by atoms with Gasteiger partial charge >= 0.3 is 0 Å². The van der Waals surface area contributed by atoms with Gasteiger partial charge in [0.05, 0.1) is 37.4 Å². The van der Waals surface area contributed by atoms with Crippen LogP contribution in [0.5, 0.6) is 5.75 Å². The number of sulfonamides is 1. The predicted octanol–water partition coefficient (Wildman–Crippen LogP) is 4.94. The van der Waals surface area contributed by atoms with Gasteiger partial charge in [-0.05, 0) is 62.6 Å². The van der Waals surface area contributed by atoms with Crippen molar-refractivity contribution >= 4 is 26.0 Å². The smallest absolute Gasteiger partial charge is 0.241 e. The molecule has 0 aliphatic carbocycles. The minimum Gasteiger partial charge on any atom is -0.497 e. The molecule has 0 heterocycles. The standard InChI is InChI=1S/C25H34BrNO6S/c1-17-13-18(2)25(19(3)14-17)34(28,29)27-24(21-7-9-22(31-6)10-8-21)23(26)15-20(4)33-16-32-12-11-30-5/h7-10,13-15,20,24,27H,11-12,16H2,1-6H3/b23-15+/t20-,24+/m0/s1. The SMILES string of the molecule is COCCOCO[C@@H](C)/C=C(/Br)[C@H](NS(=O)(=O)c1c(C)cc(C)cc1C)c1ccc(OC)cc1. The summed E-state index contributed by atoms with van der Waals surface area (Å²) in [6.07, 6.45) is 1.48. The van der Waals surface area contributed by atoms with Crippen LogP contribution in [0, 0.1) is 20.8 Å². The van der Waals surface area contributed by atoms with Gasteiger partial charge in [-0.3, -0.25) is 0 Å². The minimum absolute atomic E-state index is 0.0992. The lowest BCUT2D eigenvalue weighted by molar-refractivity contribution is -0.0804. The normalized spacial score (nSPS) is 14.1. The first-order valence-electron chi connectivity index (χ1n) is 10.9. The van der Waals surface area contributed by atoms with E-state index in [9.17, 15) is 8.42 Å². The highest BCUT2D eigenvalue weighted by atomic mass is 79.9. The molecule has 188 valence electrons. The zero-order valence-electron chi connectivity index (χ0n) is 20.6. The van der Waals surface area contributed by atoms with Crippen LogP contribution in [-0.2, 0) is 24.2 Å². The molecule has 1 N–H and O–H groups in total. The van der Waals surface area contributed by atoms with Crippen LogP contribution in [0.3, 0.4) is 0 Å². The molecule has 0 aliphatic heterocycles. The summed E-state index contributed by atoms with van der Waals surface area (Å²) < 4.78 is 51.7. The van der Waals surface area contributed by atoms with Gasteiger partial charge in [0, 0.05) is 11.6 Å². The first kappa shape index (κ1) is 28.5. The number of aryl methyl sites for hydroxylation is 3. The molecule has 0 saturated heterocycles. The molecule has 0 amide bonds. The maximum Gasteiger partial charge on any atom is 0.241 e. The van der Waals surface area contributed by atoms with Crippen LogP contribution in [-0.4, -0.2) is 48.7 Å². The molecule has 2 aromatic rings.